The zero-order valence-corrected chi connectivity index (χ0v) is 12.5. The standard InChI is InChI=1S/C17H15FN4O/c1-12-11-22(17(19)21-12)20-10-13-4-2-3-5-16(13)23-15-8-6-14(18)7-9-15/h2-11H,1H3,(H2,19,21). The summed E-state index contributed by atoms with van der Waals surface area (Å²) >= 11 is 0. The van der Waals surface area contributed by atoms with E-state index in [1.54, 1.807) is 24.5 Å². The molecule has 0 unspecified atom stereocenters. The first-order valence-corrected chi connectivity index (χ1v) is 7.00. The molecule has 0 aliphatic rings. The number of hydrogen-bond donors (Lipinski definition) is 1. The molecule has 0 amide bonds. The monoisotopic (exact) mass is 310 g/mol. The van der Waals surface area contributed by atoms with Gasteiger partial charge in [0.15, 0.2) is 0 Å². The number of hydrogen-bond acceptors (Lipinski definition) is 4. The molecule has 0 atom stereocenters. The van der Waals surface area contributed by atoms with Crippen molar-refractivity contribution < 1.29 is 9.13 Å². The lowest BCUT2D eigenvalue weighted by Gasteiger charge is -2.08. The number of anilines is 1. The molecule has 1 aromatic heterocycles. The van der Waals surface area contributed by atoms with Crippen LogP contribution in [0.25, 0.3) is 0 Å². The van der Waals surface area contributed by atoms with E-state index in [1.807, 2.05) is 31.2 Å². The van der Waals surface area contributed by atoms with E-state index in [4.69, 9.17) is 10.5 Å². The molecular formula is C17H15FN4O. The molecule has 2 aromatic carbocycles. The highest BCUT2D eigenvalue weighted by Gasteiger charge is 2.04. The summed E-state index contributed by atoms with van der Waals surface area (Å²) in [7, 11) is 0. The van der Waals surface area contributed by atoms with Gasteiger partial charge in [-0.15, -0.1) is 0 Å². The summed E-state index contributed by atoms with van der Waals surface area (Å²) in [5.41, 5.74) is 7.31. The van der Waals surface area contributed by atoms with Crippen molar-refractivity contribution in [3.63, 3.8) is 0 Å². The Bertz CT molecular complexity index is 840. The Morgan fingerprint density at radius 3 is 2.61 bits per heavy atom. The van der Waals surface area contributed by atoms with Gasteiger partial charge in [0.2, 0.25) is 5.95 Å². The van der Waals surface area contributed by atoms with Crippen LogP contribution < -0.4 is 10.5 Å². The Balaban J connectivity index is 1.85. The average Bonchev–Trinajstić information content (AvgIpc) is 2.86. The smallest absolute Gasteiger partial charge is 0.221 e. The van der Waals surface area contributed by atoms with Gasteiger partial charge < -0.3 is 10.5 Å². The second-order valence-electron chi connectivity index (χ2n) is 4.92. The van der Waals surface area contributed by atoms with Crippen molar-refractivity contribution in [2.45, 2.75) is 6.92 Å². The average molecular weight is 310 g/mol. The Morgan fingerprint density at radius 2 is 1.91 bits per heavy atom. The molecule has 0 radical (unpaired) electrons. The summed E-state index contributed by atoms with van der Waals surface area (Å²) < 4.78 is 20.2. The number of para-hydroxylation sites is 1. The van der Waals surface area contributed by atoms with Crippen molar-refractivity contribution in [3.8, 4) is 11.5 Å². The Morgan fingerprint density at radius 1 is 1.17 bits per heavy atom. The second-order valence-corrected chi connectivity index (χ2v) is 4.92. The minimum atomic E-state index is -0.307. The van der Waals surface area contributed by atoms with Crippen LogP contribution in [0.1, 0.15) is 11.3 Å². The van der Waals surface area contributed by atoms with Crippen LogP contribution in [0, 0.1) is 12.7 Å². The summed E-state index contributed by atoms with van der Waals surface area (Å²) in [4.78, 5) is 4.08. The van der Waals surface area contributed by atoms with Crippen LogP contribution in [0.4, 0.5) is 10.3 Å². The highest BCUT2D eigenvalue weighted by molar-refractivity contribution is 5.83. The number of rotatable bonds is 4. The van der Waals surface area contributed by atoms with Gasteiger partial charge in [-0.3, -0.25) is 0 Å². The minimum absolute atomic E-state index is 0.307. The van der Waals surface area contributed by atoms with Crippen LogP contribution in [0.15, 0.2) is 59.8 Å². The molecule has 116 valence electrons. The van der Waals surface area contributed by atoms with Gasteiger partial charge in [0.1, 0.15) is 17.3 Å². The van der Waals surface area contributed by atoms with E-state index in [1.165, 1.54) is 16.8 Å². The number of nitrogen functional groups attached to an aromatic ring is 1. The summed E-state index contributed by atoms with van der Waals surface area (Å²) in [5.74, 6) is 1.16. The zero-order valence-electron chi connectivity index (χ0n) is 12.5. The van der Waals surface area contributed by atoms with E-state index in [0.717, 1.165) is 11.3 Å². The molecule has 6 heteroatoms. The van der Waals surface area contributed by atoms with Gasteiger partial charge in [-0.05, 0) is 43.3 Å². The van der Waals surface area contributed by atoms with Crippen molar-refractivity contribution >= 4 is 12.2 Å². The molecule has 0 bridgehead atoms. The van der Waals surface area contributed by atoms with Crippen LogP contribution in [0.2, 0.25) is 0 Å². The van der Waals surface area contributed by atoms with E-state index >= 15 is 0 Å². The number of aryl methyl sites for hydroxylation is 1. The fourth-order valence-corrected chi connectivity index (χ4v) is 2.03. The normalized spacial score (nSPS) is 11.0. The summed E-state index contributed by atoms with van der Waals surface area (Å²) in [6.07, 6.45) is 3.37. The van der Waals surface area contributed by atoms with Crippen molar-refractivity contribution in [1.29, 1.82) is 0 Å². The van der Waals surface area contributed by atoms with E-state index in [9.17, 15) is 4.39 Å². The topological polar surface area (TPSA) is 65.4 Å². The van der Waals surface area contributed by atoms with Gasteiger partial charge >= 0.3 is 0 Å². The quantitative estimate of drug-likeness (QED) is 0.749. The molecule has 3 aromatic rings. The van der Waals surface area contributed by atoms with Crippen molar-refractivity contribution in [3.05, 3.63) is 71.8 Å². The highest BCUT2D eigenvalue weighted by Crippen LogP contribution is 2.24. The molecule has 2 N–H and O–H groups in total. The van der Waals surface area contributed by atoms with Gasteiger partial charge in [0.05, 0.1) is 18.1 Å². The van der Waals surface area contributed by atoms with Crippen molar-refractivity contribution in [2.75, 3.05) is 5.73 Å². The maximum Gasteiger partial charge on any atom is 0.221 e. The van der Waals surface area contributed by atoms with E-state index < -0.39 is 0 Å². The number of benzene rings is 2. The lowest BCUT2D eigenvalue weighted by atomic mass is 10.2. The first-order chi connectivity index (χ1) is 11.1. The van der Waals surface area contributed by atoms with Crippen LogP contribution in [-0.2, 0) is 0 Å². The highest BCUT2D eigenvalue weighted by atomic mass is 19.1. The van der Waals surface area contributed by atoms with E-state index in [0.29, 0.717) is 17.4 Å². The predicted molar refractivity (Wildman–Crippen MR) is 87.3 cm³/mol. The number of halogens is 1. The van der Waals surface area contributed by atoms with Gasteiger partial charge in [0, 0.05) is 5.56 Å². The summed E-state index contributed by atoms with van der Waals surface area (Å²) in [5, 5.41) is 4.28. The second kappa shape index (κ2) is 6.31. The molecule has 0 saturated heterocycles. The maximum atomic E-state index is 13.0. The van der Waals surface area contributed by atoms with E-state index in [2.05, 4.69) is 10.1 Å². The van der Waals surface area contributed by atoms with Crippen molar-refractivity contribution in [2.24, 2.45) is 5.10 Å². The number of imidazole rings is 1. The van der Waals surface area contributed by atoms with Gasteiger partial charge in [-0.2, -0.15) is 5.10 Å². The van der Waals surface area contributed by atoms with Gasteiger partial charge in [-0.25, -0.2) is 14.1 Å². The number of aromatic nitrogens is 2. The fourth-order valence-electron chi connectivity index (χ4n) is 2.03. The molecular weight excluding hydrogens is 295 g/mol. The number of nitrogens with two attached hydrogens (primary N) is 1. The number of nitrogens with zero attached hydrogens (tertiary/aromatic N) is 3. The SMILES string of the molecule is Cc1cn(N=Cc2ccccc2Oc2ccc(F)cc2)c(N)n1. The fraction of sp³-hybridized carbons (Fsp3) is 0.0588. The van der Waals surface area contributed by atoms with Crippen LogP contribution >= 0.6 is 0 Å². The third kappa shape index (κ3) is 3.55. The van der Waals surface area contributed by atoms with E-state index in [-0.39, 0.29) is 5.82 Å². The third-order valence-electron chi connectivity index (χ3n) is 3.12. The van der Waals surface area contributed by atoms with Gasteiger partial charge in [-0.1, -0.05) is 12.1 Å². The molecule has 1 heterocycles. The molecule has 0 aliphatic heterocycles. The Hall–Kier alpha value is -3.15. The predicted octanol–water partition coefficient (Wildman–Crippen LogP) is 3.59. The minimum Gasteiger partial charge on any atom is -0.457 e. The zero-order chi connectivity index (χ0) is 16.2. The molecule has 0 spiro atoms. The first-order valence-electron chi connectivity index (χ1n) is 7.00. The molecule has 0 aliphatic carbocycles. The summed E-state index contributed by atoms with van der Waals surface area (Å²) in [6.45, 7) is 1.84. The van der Waals surface area contributed by atoms with Crippen LogP contribution in [0.5, 0.6) is 11.5 Å². The molecule has 0 saturated carbocycles. The third-order valence-corrected chi connectivity index (χ3v) is 3.12. The molecule has 5 nitrogen and oxygen atoms in total. The summed E-state index contributed by atoms with van der Waals surface area (Å²) in [6, 6.07) is 13.2. The number of ether oxygens (including phenoxy) is 1. The Kier molecular flexibility index (Phi) is 4.05. The van der Waals surface area contributed by atoms with Crippen molar-refractivity contribution in [1.82, 2.24) is 9.66 Å². The first kappa shape index (κ1) is 14.8. The molecule has 0 fully saturated rings. The maximum absolute atomic E-state index is 13.0. The molecule has 3 rings (SSSR count). The van der Waals surface area contributed by atoms with Gasteiger partial charge in [0.25, 0.3) is 0 Å². The lowest BCUT2D eigenvalue weighted by molar-refractivity contribution is 0.480. The largest absolute Gasteiger partial charge is 0.457 e. The lowest BCUT2D eigenvalue weighted by Crippen LogP contribution is -1.98. The Labute approximate surface area is 132 Å². The molecule has 23 heavy (non-hydrogen) atoms. The van der Waals surface area contributed by atoms with Crippen LogP contribution in [0.3, 0.4) is 0 Å². The van der Waals surface area contributed by atoms with Crippen LogP contribution in [-0.4, -0.2) is 15.9 Å².